The predicted octanol–water partition coefficient (Wildman–Crippen LogP) is 2.76. The molecule has 0 fully saturated rings. The lowest BCUT2D eigenvalue weighted by molar-refractivity contribution is -0.138. The lowest BCUT2D eigenvalue weighted by Crippen LogP contribution is -2.32. The highest BCUT2D eigenvalue weighted by atomic mass is 32.1. The maximum Gasteiger partial charge on any atom is 0.445 e. The van der Waals surface area contributed by atoms with Gasteiger partial charge in [-0.25, -0.2) is 4.79 Å². The average Bonchev–Trinajstić information content (AvgIpc) is 2.93. The van der Waals surface area contributed by atoms with E-state index in [0.717, 1.165) is 0 Å². The number of halogens is 3. The second kappa shape index (κ2) is 7.07. The van der Waals surface area contributed by atoms with Crippen LogP contribution in [-0.4, -0.2) is 29.4 Å². The van der Waals surface area contributed by atoms with E-state index in [0.29, 0.717) is 5.75 Å². The smallest absolute Gasteiger partial charge is 0.445 e. The Balaban J connectivity index is 1.71. The first-order chi connectivity index (χ1) is 10.4. The van der Waals surface area contributed by atoms with Gasteiger partial charge in [0, 0.05) is 0 Å². The largest absolute Gasteiger partial charge is 0.492 e. The Morgan fingerprint density at radius 2 is 1.95 bits per heavy atom. The first-order valence-electron chi connectivity index (χ1n) is 6.08. The van der Waals surface area contributed by atoms with E-state index < -0.39 is 17.2 Å². The molecule has 0 aliphatic rings. The van der Waals surface area contributed by atoms with Gasteiger partial charge in [0.15, 0.2) is 0 Å². The second-order valence-electron chi connectivity index (χ2n) is 3.95. The number of ether oxygens (including phenoxy) is 1. The van der Waals surface area contributed by atoms with Gasteiger partial charge < -0.3 is 10.1 Å². The van der Waals surface area contributed by atoms with Crippen molar-refractivity contribution in [1.82, 2.24) is 15.5 Å². The molecule has 1 aromatic heterocycles. The molecule has 0 saturated carbocycles. The third-order valence-corrected chi connectivity index (χ3v) is 3.17. The highest BCUT2D eigenvalue weighted by Crippen LogP contribution is 2.32. The van der Waals surface area contributed by atoms with Crippen LogP contribution in [0.5, 0.6) is 5.75 Å². The van der Waals surface area contributed by atoms with Gasteiger partial charge in [-0.1, -0.05) is 29.5 Å². The van der Waals surface area contributed by atoms with Gasteiger partial charge in [0.2, 0.25) is 10.1 Å². The maximum atomic E-state index is 12.3. The molecule has 2 amide bonds. The highest BCUT2D eigenvalue weighted by Gasteiger charge is 2.35. The number of carbonyl (C=O) groups is 1. The molecule has 10 heteroatoms. The van der Waals surface area contributed by atoms with Gasteiger partial charge in [0.25, 0.3) is 0 Å². The Hall–Kier alpha value is -2.36. The summed E-state index contributed by atoms with van der Waals surface area (Å²) < 4.78 is 42.3. The van der Waals surface area contributed by atoms with Crippen molar-refractivity contribution in [1.29, 1.82) is 0 Å². The lowest BCUT2D eigenvalue weighted by Gasteiger charge is -2.07. The molecule has 0 spiro atoms. The maximum absolute atomic E-state index is 12.3. The van der Waals surface area contributed by atoms with Crippen molar-refractivity contribution >= 4 is 22.5 Å². The normalized spacial score (nSPS) is 11.0. The van der Waals surface area contributed by atoms with E-state index in [1.165, 1.54) is 0 Å². The van der Waals surface area contributed by atoms with E-state index in [9.17, 15) is 18.0 Å². The van der Waals surface area contributed by atoms with Crippen LogP contribution >= 0.6 is 11.3 Å². The monoisotopic (exact) mass is 332 g/mol. The van der Waals surface area contributed by atoms with Crippen LogP contribution in [0, 0.1) is 0 Å². The van der Waals surface area contributed by atoms with E-state index in [1.54, 1.807) is 12.1 Å². The standard InChI is InChI=1S/C12H11F3N4O2S/c13-12(14,15)9-18-19-11(22-9)17-10(20)16-6-7-21-8-4-2-1-3-5-8/h1-5H,6-7H2,(H2,16,17,19,20). The zero-order chi connectivity index (χ0) is 16.0. The summed E-state index contributed by atoms with van der Waals surface area (Å²) in [5.41, 5.74) is 0. The first-order valence-corrected chi connectivity index (χ1v) is 6.90. The lowest BCUT2D eigenvalue weighted by atomic mass is 10.3. The third-order valence-electron chi connectivity index (χ3n) is 2.29. The molecule has 1 aromatic carbocycles. The Bertz CT molecular complexity index is 618. The van der Waals surface area contributed by atoms with Gasteiger partial charge in [0.1, 0.15) is 12.4 Å². The van der Waals surface area contributed by atoms with Crippen molar-refractivity contribution in [3.05, 3.63) is 35.3 Å². The van der Waals surface area contributed by atoms with Crippen LogP contribution in [0.15, 0.2) is 30.3 Å². The topological polar surface area (TPSA) is 76.1 Å². The van der Waals surface area contributed by atoms with Gasteiger partial charge in [-0.15, -0.1) is 10.2 Å². The number of para-hydroxylation sites is 1. The van der Waals surface area contributed by atoms with Crippen LogP contribution in [0.1, 0.15) is 5.01 Å². The first kappa shape index (κ1) is 16.0. The number of hydrogen-bond donors (Lipinski definition) is 2. The summed E-state index contributed by atoms with van der Waals surface area (Å²) in [6.45, 7) is 0.410. The number of anilines is 1. The molecule has 1 heterocycles. The number of hydrogen-bond acceptors (Lipinski definition) is 5. The van der Waals surface area contributed by atoms with Crippen molar-refractivity contribution in [3.8, 4) is 5.75 Å². The molecule has 0 bridgehead atoms. The summed E-state index contributed by atoms with van der Waals surface area (Å²) >= 11 is 0.254. The molecule has 0 aliphatic carbocycles. The van der Waals surface area contributed by atoms with Crippen LogP contribution in [0.3, 0.4) is 0 Å². The van der Waals surface area contributed by atoms with Crippen LogP contribution in [0.4, 0.5) is 23.1 Å². The van der Waals surface area contributed by atoms with E-state index in [-0.39, 0.29) is 29.6 Å². The van der Waals surface area contributed by atoms with Crippen molar-refractivity contribution in [2.75, 3.05) is 18.5 Å². The van der Waals surface area contributed by atoms with Crippen molar-refractivity contribution in [2.45, 2.75) is 6.18 Å². The van der Waals surface area contributed by atoms with E-state index in [4.69, 9.17) is 4.74 Å². The number of alkyl halides is 3. The number of rotatable bonds is 5. The summed E-state index contributed by atoms with van der Waals surface area (Å²) in [5.74, 6) is 0.656. The number of nitrogens with zero attached hydrogens (tertiary/aromatic N) is 2. The minimum absolute atomic E-state index is 0.186. The number of nitrogens with one attached hydrogen (secondary N) is 2. The molecule has 0 radical (unpaired) electrons. The van der Waals surface area contributed by atoms with Gasteiger partial charge in [-0.05, 0) is 12.1 Å². The number of aromatic nitrogens is 2. The Kier molecular flexibility index (Phi) is 5.15. The van der Waals surface area contributed by atoms with Gasteiger partial charge in [-0.3, -0.25) is 5.32 Å². The molecule has 2 rings (SSSR count). The molecular formula is C12H11F3N4O2S. The van der Waals surface area contributed by atoms with Gasteiger partial charge >= 0.3 is 12.2 Å². The third kappa shape index (κ3) is 4.88. The predicted molar refractivity (Wildman–Crippen MR) is 73.9 cm³/mol. The fraction of sp³-hybridized carbons (Fsp3) is 0.250. The molecule has 2 aromatic rings. The van der Waals surface area contributed by atoms with E-state index >= 15 is 0 Å². The van der Waals surface area contributed by atoms with Crippen LogP contribution in [0.2, 0.25) is 0 Å². The molecule has 2 N–H and O–H groups in total. The SMILES string of the molecule is O=C(NCCOc1ccccc1)Nc1nnc(C(F)(F)F)s1. The van der Waals surface area contributed by atoms with Gasteiger partial charge in [0.05, 0.1) is 6.54 Å². The van der Waals surface area contributed by atoms with Crippen molar-refractivity contribution in [3.63, 3.8) is 0 Å². The summed E-state index contributed by atoms with van der Waals surface area (Å²) in [5, 5.41) is 9.46. The fourth-order valence-corrected chi connectivity index (χ4v) is 1.99. The number of urea groups is 1. The Labute approximate surface area is 127 Å². The Morgan fingerprint density at radius 3 is 2.59 bits per heavy atom. The van der Waals surface area contributed by atoms with Crippen molar-refractivity contribution in [2.24, 2.45) is 0 Å². The second-order valence-corrected chi connectivity index (χ2v) is 4.93. The van der Waals surface area contributed by atoms with E-state index in [2.05, 4.69) is 20.8 Å². The molecule has 0 saturated heterocycles. The summed E-state index contributed by atoms with van der Waals surface area (Å²) in [7, 11) is 0. The molecule has 118 valence electrons. The minimum Gasteiger partial charge on any atom is -0.492 e. The molecule has 0 aliphatic heterocycles. The fourth-order valence-electron chi connectivity index (χ4n) is 1.38. The van der Waals surface area contributed by atoms with Crippen LogP contribution in [-0.2, 0) is 6.18 Å². The number of amides is 2. The summed E-state index contributed by atoms with van der Waals surface area (Å²) in [4.78, 5) is 11.5. The summed E-state index contributed by atoms with van der Waals surface area (Å²) in [6, 6.07) is 8.31. The Morgan fingerprint density at radius 1 is 1.23 bits per heavy atom. The summed E-state index contributed by atoms with van der Waals surface area (Å²) in [6.07, 6.45) is -4.57. The molecular weight excluding hydrogens is 321 g/mol. The number of carbonyl (C=O) groups excluding carboxylic acids is 1. The molecule has 0 atom stereocenters. The van der Waals surface area contributed by atoms with Crippen LogP contribution in [0.25, 0.3) is 0 Å². The quantitative estimate of drug-likeness (QED) is 0.826. The van der Waals surface area contributed by atoms with Crippen molar-refractivity contribution < 1.29 is 22.7 Å². The zero-order valence-corrected chi connectivity index (χ0v) is 11.9. The number of benzene rings is 1. The van der Waals surface area contributed by atoms with Crippen LogP contribution < -0.4 is 15.4 Å². The highest BCUT2D eigenvalue weighted by molar-refractivity contribution is 7.15. The zero-order valence-electron chi connectivity index (χ0n) is 11.1. The van der Waals surface area contributed by atoms with E-state index in [1.807, 2.05) is 18.2 Å². The molecule has 22 heavy (non-hydrogen) atoms. The van der Waals surface area contributed by atoms with Gasteiger partial charge in [-0.2, -0.15) is 13.2 Å². The average molecular weight is 332 g/mol. The minimum atomic E-state index is -4.57. The molecule has 0 unspecified atom stereocenters. The molecule has 6 nitrogen and oxygen atoms in total.